The molecule has 1 amide bonds. The molecule has 1 aromatic heterocycles. The lowest BCUT2D eigenvalue weighted by atomic mass is 9.87. The van der Waals surface area contributed by atoms with Crippen LogP contribution in [-0.4, -0.2) is 81.1 Å². The summed E-state index contributed by atoms with van der Waals surface area (Å²) in [5.41, 5.74) is 5.95. The summed E-state index contributed by atoms with van der Waals surface area (Å²) in [6, 6.07) is 12.8. The molecule has 0 aliphatic carbocycles. The molecule has 1 aliphatic heterocycles. The smallest absolute Gasteiger partial charge is 0.236 e. The van der Waals surface area contributed by atoms with Crippen LogP contribution in [0.3, 0.4) is 0 Å². The van der Waals surface area contributed by atoms with Gasteiger partial charge in [-0.15, -0.1) is 0 Å². The van der Waals surface area contributed by atoms with Crippen LogP contribution < -0.4 is 14.8 Å². The van der Waals surface area contributed by atoms with Gasteiger partial charge in [0.25, 0.3) is 0 Å². The van der Waals surface area contributed by atoms with Crippen LogP contribution >= 0.6 is 0 Å². The number of fused-ring (bicyclic) bond motifs is 1. The third kappa shape index (κ3) is 6.31. The molecule has 3 aromatic rings. The van der Waals surface area contributed by atoms with Gasteiger partial charge in [0.2, 0.25) is 5.91 Å². The van der Waals surface area contributed by atoms with Gasteiger partial charge in [0.1, 0.15) is 0 Å². The van der Waals surface area contributed by atoms with Crippen LogP contribution in [0.4, 0.5) is 0 Å². The molecule has 0 spiro atoms. The topological polar surface area (TPSA) is 96.1 Å². The van der Waals surface area contributed by atoms with Gasteiger partial charge in [-0.05, 0) is 66.1 Å². The molecule has 38 heavy (non-hydrogen) atoms. The highest BCUT2D eigenvalue weighted by Gasteiger charge is 2.25. The lowest BCUT2D eigenvalue weighted by molar-refractivity contribution is -0.131. The molecule has 206 valence electrons. The standard InChI is InChI=1S/C30H41N3O5/c1-20(2)29-24-17-22(21-9-12-33(13-10-21)28(35)19-31-11-15-38-16-14-34)5-7-25(24)32-30(29)23-6-8-26(36-3)27(18-23)37-4/h5-8,17-18,20-21,31-32,34H,9-16,19H2,1-4H3. The van der Waals surface area contributed by atoms with E-state index >= 15 is 0 Å². The fraction of sp³-hybridized carbons (Fsp3) is 0.500. The van der Waals surface area contributed by atoms with Crippen molar-refractivity contribution in [1.29, 1.82) is 0 Å². The number of aliphatic hydroxyl groups is 1. The SMILES string of the molecule is COc1ccc(-c2[nH]c3ccc(C4CCN(C(=O)CNCCOCCO)CC4)cc3c2C(C)C)cc1OC. The molecule has 2 heterocycles. The highest BCUT2D eigenvalue weighted by Crippen LogP contribution is 2.40. The van der Waals surface area contributed by atoms with Gasteiger partial charge >= 0.3 is 0 Å². The zero-order valence-electron chi connectivity index (χ0n) is 23.0. The van der Waals surface area contributed by atoms with Gasteiger partial charge in [-0.2, -0.15) is 0 Å². The molecule has 1 fully saturated rings. The minimum atomic E-state index is 0.0166. The summed E-state index contributed by atoms with van der Waals surface area (Å²) in [4.78, 5) is 18.2. The molecule has 8 heteroatoms. The van der Waals surface area contributed by atoms with E-state index in [2.05, 4.69) is 48.4 Å². The number of aliphatic hydroxyl groups excluding tert-OH is 1. The summed E-state index contributed by atoms with van der Waals surface area (Å²) < 4.78 is 16.2. The molecule has 4 rings (SSSR count). The van der Waals surface area contributed by atoms with Crippen molar-refractivity contribution < 1.29 is 24.1 Å². The number of amides is 1. The first kappa shape index (κ1) is 28.0. The number of H-pyrrole nitrogens is 1. The molecule has 1 aliphatic rings. The maximum Gasteiger partial charge on any atom is 0.236 e. The van der Waals surface area contributed by atoms with Gasteiger partial charge in [-0.1, -0.05) is 19.9 Å². The van der Waals surface area contributed by atoms with E-state index in [4.69, 9.17) is 19.3 Å². The molecule has 0 saturated carbocycles. The number of carbonyl (C=O) groups is 1. The number of rotatable bonds is 12. The molecule has 1 saturated heterocycles. The van der Waals surface area contributed by atoms with Crippen molar-refractivity contribution in [3.63, 3.8) is 0 Å². The van der Waals surface area contributed by atoms with Gasteiger partial charge < -0.3 is 34.5 Å². The first-order valence-corrected chi connectivity index (χ1v) is 13.5. The van der Waals surface area contributed by atoms with Crippen LogP contribution in [0.1, 0.15) is 49.7 Å². The zero-order valence-corrected chi connectivity index (χ0v) is 23.0. The number of ether oxygens (including phenoxy) is 3. The van der Waals surface area contributed by atoms with Crippen molar-refractivity contribution in [3.05, 3.63) is 47.5 Å². The van der Waals surface area contributed by atoms with Crippen molar-refractivity contribution in [2.24, 2.45) is 0 Å². The second kappa shape index (κ2) is 13.1. The van der Waals surface area contributed by atoms with Crippen molar-refractivity contribution in [2.75, 3.05) is 60.2 Å². The van der Waals surface area contributed by atoms with E-state index in [1.54, 1.807) is 14.2 Å². The van der Waals surface area contributed by atoms with Crippen LogP contribution in [0.15, 0.2) is 36.4 Å². The molecule has 0 radical (unpaired) electrons. The van der Waals surface area contributed by atoms with Crippen LogP contribution in [0.2, 0.25) is 0 Å². The number of carbonyl (C=O) groups excluding carboxylic acids is 1. The Morgan fingerprint density at radius 1 is 1.08 bits per heavy atom. The van der Waals surface area contributed by atoms with Gasteiger partial charge in [0.05, 0.1) is 46.3 Å². The van der Waals surface area contributed by atoms with E-state index in [0.29, 0.717) is 49.6 Å². The van der Waals surface area contributed by atoms with E-state index < -0.39 is 0 Å². The van der Waals surface area contributed by atoms with Crippen molar-refractivity contribution in [1.82, 2.24) is 15.2 Å². The highest BCUT2D eigenvalue weighted by molar-refractivity contribution is 5.92. The Hall–Kier alpha value is -3.07. The van der Waals surface area contributed by atoms with E-state index in [9.17, 15) is 4.79 Å². The fourth-order valence-corrected chi connectivity index (χ4v) is 5.38. The maximum absolute atomic E-state index is 12.6. The number of piperidine rings is 1. The summed E-state index contributed by atoms with van der Waals surface area (Å²) in [6.45, 7) is 7.76. The molecule has 0 bridgehead atoms. The first-order valence-electron chi connectivity index (χ1n) is 13.5. The van der Waals surface area contributed by atoms with E-state index in [1.165, 1.54) is 16.5 Å². The average Bonchev–Trinajstić information content (AvgIpc) is 3.33. The molecule has 8 nitrogen and oxygen atoms in total. The molecule has 0 unspecified atom stereocenters. The van der Waals surface area contributed by atoms with E-state index in [-0.39, 0.29) is 12.5 Å². The summed E-state index contributed by atoms with van der Waals surface area (Å²) >= 11 is 0. The van der Waals surface area contributed by atoms with Gasteiger partial charge in [-0.25, -0.2) is 0 Å². The Bertz CT molecular complexity index is 1210. The van der Waals surface area contributed by atoms with Crippen LogP contribution in [0.5, 0.6) is 11.5 Å². The molecular weight excluding hydrogens is 482 g/mol. The summed E-state index contributed by atoms with van der Waals surface area (Å²) in [5.74, 6) is 2.33. The van der Waals surface area contributed by atoms with Crippen LogP contribution in [0, 0.1) is 0 Å². The largest absolute Gasteiger partial charge is 0.493 e. The number of aromatic nitrogens is 1. The number of hydrogen-bond acceptors (Lipinski definition) is 6. The number of aromatic amines is 1. The van der Waals surface area contributed by atoms with E-state index in [1.807, 2.05) is 17.0 Å². The number of benzene rings is 2. The molecule has 3 N–H and O–H groups in total. The molecular formula is C30H41N3O5. The quantitative estimate of drug-likeness (QED) is 0.307. The second-order valence-electron chi connectivity index (χ2n) is 10.1. The number of methoxy groups -OCH3 is 2. The van der Waals surface area contributed by atoms with Crippen LogP contribution in [0.25, 0.3) is 22.2 Å². The molecule has 0 atom stereocenters. The second-order valence-corrected chi connectivity index (χ2v) is 10.1. The first-order chi connectivity index (χ1) is 18.5. The highest BCUT2D eigenvalue weighted by atomic mass is 16.5. The van der Waals surface area contributed by atoms with Crippen molar-refractivity contribution in [2.45, 2.75) is 38.5 Å². The summed E-state index contributed by atoms with van der Waals surface area (Å²) in [5, 5.41) is 13.1. The Labute approximate surface area is 225 Å². The number of nitrogens with one attached hydrogen (secondary N) is 2. The van der Waals surface area contributed by atoms with Gasteiger partial charge in [0.15, 0.2) is 11.5 Å². The Kier molecular flexibility index (Phi) is 9.66. The van der Waals surface area contributed by atoms with Gasteiger partial charge in [0, 0.05) is 36.1 Å². The summed E-state index contributed by atoms with van der Waals surface area (Å²) in [6.07, 6.45) is 1.92. The third-order valence-corrected chi connectivity index (χ3v) is 7.37. The zero-order chi connectivity index (χ0) is 27.1. The Morgan fingerprint density at radius 3 is 2.53 bits per heavy atom. The maximum atomic E-state index is 12.6. The number of hydrogen-bond donors (Lipinski definition) is 3. The lowest BCUT2D eigenvalue weighted by Gasteiger charge is -2.32. The minimum Gasteiger partial charge on any atom is -0.493 e. The predicted molar refractivity (Wildman–Crippen MR) is 150 cm³/mol. The fourth-order valence-electron chi connectivity index (χ4n) is 5.38. The Balaban J connectivity index is 1.46. The minimum absolute atomic E-state index is 0.0166. The van der Waals surface area contributed by atoms with Crippen LogP contribution in [-0.2, 0) is 9.53 Å². The summed E-state index contributed by atoms with van der Waals surface area (Å²) in [7, 11) is 3.31. The molecule has 2 aromatic carbocycles. The number of nitrogens with zero attached hydrogens (tertiary/aromatic N) is 1. The van der Waals surface area contributed by atoms with Gasteiger partial charge in [-0.3, -0.25) is 4.79 Å². The Morgan fingerprint density at radius 2 is 1.84 bits per heavy atom. The third-order valence-electron chi connectivity index (χ3n) is 7.37. The normalized spacial score (nSPS) is 14.4. The van der Waals surface area contributed by atoms with E-state index in [0.717, 1.165) is 42.7 Å². The van der Waals surface area contributed by atoms with Crippen molar-refractivity contribution >= 4 is 16.8 Å². The number of likely N-dealkylation sites (tertiary alicyclic amines) is 1. The van der Waals surface area contributed by atoms with Crippen molar-refractivity contribution in [3.8, 4) is 22.8 Å². The lowest BCUT2D eigenvalue weighted by Crippen LogP contribution is -2.43. The predicted octanol–water partition coefficient (Wildman–Crippen LogP) is 4.28. The average molecular weight is 524 g/mol. The monoisotopic (exact) mass is 523 g/mol.